The van der Waals surface area contributed by atoms with Crippen molar-refractivity contribution >= 4 is 33.0 Å². The molecule has 0 saturated carbocycles. The summed E-state index contributed by atoms with van der Waals surface area (Å²) in [5.74, 6) is 0.385. The van der Waals surface area contributed by atoms with Gasteiger partial charge < -0.3 is 5.32 Å². The number of carbonyl (C=O) groups excluding carboxylic acids is 1. The molecule has 0 aliphatic heterocycles. The third-order valence-electron chi connectivity index (χ3n) is 3.66. The van der Waals surface area contributed by atoms with E-state index in [0.29, 0.717) is 11.4 Å². The summed E-state index contributed by atoms with van der Waals surface area (Å²) in [5, 5.41) is 6.04. The van der Waals surface area contributed by atoms with Crippen molar-refractivity contribution in [3.8, 4) is 11.4 Å². The number of carbonyl (C=O) groups is 1. The van der Waals surface area contributed by atoms with Gasteiger partial charge in [-0.05, 0) is 35.0 Å². The average Bonchev–Trinajstić information content (AvgIpc) is 3.10. The van der Waals surface area contributed by atoms with Crippen LogP contribution in [0.3, 0.4) is 0 Å². The number of fused-ring (bicyclic) bond motifs is 1. The zero-order valence-corrected chi connectivity index (χ0v) is 13.5. The smallest absolute Gasteiger partial charge is 0.258 e. The highest BCUT2D eigenvalue weighted by Gasteiger charge is 2.09. The molecule has 0 bridgehead atoms. The predicted molar refractivity (Wildman–Crippen MR) is 97.2 cm³/mol. The lowest BCUT2D eigenvalue weighted by atomic mass is 10.2. The second kappa shape index (κ2) is 6.22. The molecule has 2 aromatic heterocycles. The van der Waals surface area contributed by atoms with Gasteiger partial charge >= 0.3 is 0 Å². The SMILES string of the molecule is O=C(Nc1ccc2sccc2c1)c1cnc(-c2ccccc2)nc1. The number of hydrogen-bond donors (Lipinski definition) is 1. The fraction of sp³-hybridized carbons (Fsp3) is 0. The van der Waals surface area contributed by atoms with E-state index in [0.717, 1.165) is 16.6 Å². The van der Waals surface area contributed by atoms with Crippen molar-refractivity contribution in [3.05, 3.63) is 77.9 Å². The summed E-state index contributed by atoms with van der Waals surface area (Å²) in [4.78, 5) is 20.9. The van der Waals surface area contributed by atoms with Gasteiger partial charge in [-0.15, -0.1) is 11.3 Å². The maximum Gasteiger partial charge on any atom is 0.258 e. The maximum atomic E-state index is 12.3. The third-order valence-corrected chi connectivity index (χ3v) is 4.55. The molecule has 0 fully saturated rings. The van der Waals surface area contributed by atoms with Crippen molar-refractivity contribution in [3.63, 3.8) is 0 Å². The fourth-order valence-electron chi connectivity index (χ4n) is 2.43. The van der Waals surface area contributed by atoms with Gasteiger partial charge in [-0.2, -0.15) is 0 Å². The fourth-order valence-corrected chi connectivity index (χ4v) is 3.20. The van der Waals surface area contributed by atoms with E-state index >= 15 is 0 Å². The Balaban J connectivity index is 1.53. The van der Waals surface area contributed by atoms with Crippen molar-refractivity contribution < 1.29 is 4.79 Å². The highest BCUT2D eigenvalue weighted by molar-refractivity contribution is 7.17. The van der Waals surface area contributed by atoms with Gasteiger partial charge in [0, 0.05) is 28.3 Å². The molecule has 116 valence electrons. The Labute approximate surface area is 142 Å². The molecule has 24 heavy (non-hydrogen) atoms. The molecule has 4 rings (SSSR count). The first-order valence-corrected chi connectivity index (χ1v) is 8.34. The summed E-state index contributed by atoms with van der Waals surface area (Å²) in [5.41, 5.74) is 2.12. The zero-order valence-electron chi connectivity index (χ0n) is 12.6. The molecule has 2 heterocycles. The number of nitrogens with one attached hydrogen (secondary N) is 1. The molecular weight excluding hydrogens is 318 g/mol. The van der Waals surface area contributed by atoms with Crippen molar-refractivity contribution in [2.24, 2.45) is 0 Å². The van der Waals surface area contributed by atoms with E-state index in [4.69, 9.17) is 0 Å². The molecule has 5 heteroatoms. The van der Waals surface area contributed by atoms with Crippen LogP contribution in [0.5, 0.6) is 0 Å². The molecule has 0 aliphatic rings. The molecule has 0 aliphatic carbocycles. The number of hydrogen-bond acceptors (Lipinski definition) is 4. The Morgan fingerprint density at radius 3 is 2.54 bits per heavy atom. The largest absolute Gasteiger partial charge is 0.322 e. The quantitative estimate of drug-likeness (QED) is 0.596. The molecular formula is C19H13N3OS. The number of nitrogens with zero attached hydrogens (tertiary/aromatic N) is 2. The summed E-state index contributed by atoms with van der Waals surface area (Å²) >= 11 is 1.68. The van der Waals surface area contributed by atoms with E-state index in [1.165, 1.54) is 4.70 Å². The molecule has 2 aromatic carbocycles. The van der Waals surface area contributed by atoms with Crippen molar-refractivity contribution in [2.75, 3.05) is 5.32 Å². The lowest BCUT2D eigenvalue weighted by molar-refractivity contribution is 0.102. The van der Waals surface area contributed by atoms with Crippen LogP contribution in [0.2, 0.25) is 0 Å². The van der Waals surface area contributed by atoms with Gasteiger partial charge in [0.1, 0.15) is 0 Å². The topological polar surface area (TPSA) is 54.9 Å². The van der Waals surface area contributed by atoms with Gasteiger partial charge in [-0.3, -0.25) is 4.79 Å². The van der Waals surface area contributed by atoms with Crippen LogP contribution >= 0.6 is 11.3 Å². The molecule has 1 amide bonds. The van der Waals surface area contributed by atoms with Crippen LogP contribution in [0, 0.1) is 0 Å². The Morgan fingerprint density at radius 2 is 1.75 bits per heavy atom. The van der Waals surface area contributed by atoms with Gasteiger partial charge in [-0.25, -0.2) is 9.97 Å². The summed E-state index contributed by atoms with van der Waals surface area (Å²) in [6, 6.07) is 17.6. The van der Waals surface area contributed by atoms with Crippen LogP contribution in [0.15, 0.2) is 72.4 Å². The minimum atomic E-state index is -0.218. The minimum Gasteiger partial charge on any atom is -0.322 e. The van der Waals surface area contributed by atoms with E-state index in [9.17, 15) is 4.79 Å². The van der Waals surface area contributed by atoms with E-state index in [1.54, 1.807) is 23.7 Å². The summed E-state index contributed by atoms with van der Waals surface area (Å²) in [6.45, 7) is 0. The maximum absolute atomic E-state index is 12.3. The molecule has 0 spiro atoms. The Morgan fingerprint density at radius 1 is 0.958 bits per heavy atom. The van der Waals surface area contributed by atoms with Crippen LogP contribution in [0.1, 0.15) is 10.4 Å². The highest BCUT2D eigenvalue weighted by atomic mass is 32.1. The monoisotopic (exact) mass is 331 g/mol. The zero-order chi connectivity index (χ0) is 16.4. The molecule has 4 aromatic rings. The average molecular weight is 331 g/mol. The van der Waals surface area contributed by atoms with Crippen LogP contribution in [-0.2, 0) is 0 Å². The molecule has 0 unspecified atom stereocenters. The van der Waals surface area contributed by atoms with Gasteiger partial charge in [0.2, 0.25) is 0 Å². The number of rotatable bonds is 3. The van der Waals surface area contributed by atoms with E-state index in [-0.39, 0.29) is 5.91 Å². The Kier molecular flexibility index (Phi) is 3.76. The normalized spacial score (nSPS) is 10.7. The second-order valence-corrected chi connectivity index (χ2v) is 6.24. The Hall–Kier alpha value is -3.05. The first kappa shape index (κ1) is 14.5. The lowest BCUT2D eigenvalue weighted by Gasteiger charge is -2.06. The van der Waals surface area contributed by atoms with Crippen molar-refractivity contribution in [1.82, 2.24) is 9.97 Å². The number of amides is 1. The predicted octanol–water partition coefficient (Wildman–Crippen LogP) is 4.61. The molecule has 1 N–H and O–H groups in total. The highest BCUT2D eigenvalue weighted by Crippen LogP contribution is 2.24. The first-order chi connectivity index (χ1) is 11.8. The standard InChI is InChI=1S/C19H13N3OS/c23-19(22-16-6-7-17-14(10-16)8-9-24-17)15-11-20-18(21-12-15)13-4-2-1-3-5-13/h1-12H,(H,22,23). The van der Waals surface area contributed by atoms with Crippen molar-refractivity contribution in [2.45, 2.75) is 0 Å². The number of aromatic nitrogens is 2. The summed E-state index contributed by atoms with van der Waals surface area (Å²) < 4.78 is 1.20. The van der Waals surface area contributed by atoms with Gasteiger partial charge in [0.05, 0.1) is 5.56 Å². The van der Waals surface area contributed by atoms with Crippen LogP contribution < -0.4 is 5.32 Å². The van der Waals surface area contributed by atoms with Gasteiger partial charge in [0.15, 0.2) is 5.82 Å². The van der Waals surface area contributed by atoms with Crippen LogP contribution in [-0.4, -0.2) is 15.9 Å². The minimum absolute atomic E-state index is 0.218. The van der Waals surface area contributed by atoms with Crippen molar-refractivity contribution in [1.29, 1.82) is 0 Å². The molecule has 0 saturated heterocycles. The number of anilines is 1. The van der Waals surface area contributed by atoms with E-state index < -0.39 is 0 Å². The number of benzene rings is 2. The van der Waals surface area contributed by atoms with Gasteiger partial charge in [-0.1, -0.05) is 30.3 Å². The third kappa shape index (κ3) is 2.89. The molecule has 0 radical (unpaired) electrons. The van der Waals surface area contributed by atoms with Crippen LogP contribution in [0.4, 0.5) is 5.69 Å². The number of thiophene rings is 1. The molecule has 4 nitrogen and oxygen atoms in total. The summed E-state index contributed by atoms with van der Waals surface area (Å²) in [6.07, 6.45) is 3.10. The van der Waals surface area contributed by atoms with Crippen LogP contribution in [0.25, 0.3) is 21.5 Å². The molecule has 0 atom stereocenters. The lowest BCUT2D eigenvalue weighted by Crippen LogP contribution is -2.12. The first-order valence-electron chi connectivity index (χ1n) is 7.46. The van der Waals surface area contributed by atoms with E-state index in [2.05, 4.69) is 15.3 Å². The van der Waals surface area contributed by atoms with E-state index in [1.807, 2.05) is 60.0 Å². The summed E-state index contributed by atoms with van der Waals surface area (Å²) in [7, 11) is 0. The Bertz CT molecular complexity index is 994. The second-order valence-electron chi connectivity index (χ2n) is 5.29. The van der Waals surface area contributed by atoms with Gasteiger partial charge in [0.25, 0.3) is 5.91 Å².